The van der Waals surface area contributed by atoms with Gasteiger partial charge in [0.1, 0.15) is 41.9 Å². The number of methoxy groups -OCH3 is 2. The third-order valence-electron chi connectivity index (χ3n) is 13.9. The van der Waals surface area contributed by atoms with Crippen molar-refractivity contribution in [3.8, 4) is 23.0 Å². The number of nitrogens with zero attached hydrogens (tertiary/aromatic N) is 2. The van der Waals surface area contributed by atoms with Crippen molar-refractivity contribution in [1.29, 1.82) is 0 Å². The van der Waals surface area contributed by atoms with Gasteiger partial charge in [0.05, 0.1) is 93.6 Å². The van der Waals surface area contributed by atoms with E-state index < -0.39 is 82.9 Å². The van der Waals surface area contributed by atoms with Gasteiger partial charge >= 0.3 is 0 Å². The summed E-state index contributed by atoms with van der Waals surface area (Å²) >= 11 is 6.82. The minimum atomic E-state index is -2.38. The minimum Gasteiger partial charge on any atom is -0.507 e. The second-order valence-corrected chi connectivity index (χ2v) is 20.2. The standard InChI is InChI=1S/C54H63Br2N5O17/c1-29-52-38(61(13-15-70-3)30(2)77-52)22-43(76-29)78-40-24-54(69,23-37-45(40)51(67)47-46(49(37)65)48(64)36-6-5-7-39(71-4)44(36)50(47)66)53(68)60-75-28-31-8-10-32(11-9-31)59-42(63)27-57-41(62)12-14-72-16-17-73-18-19-74-35-20-33(25-55)58-34(21-35)26-56/h5-11,20-21,29-30,38,40,43,52,65,67,69H,12-19,22-28H2,1-4H3,(H,57,62)(H,59,63)(H,60,68)/t29-,30+,38-,40-,43-,52+,54-/m0/s1. The lowest BCUT2D eigenvalue weighted by Crippen LogP contribution is -2.53. The van der Waals surface area contributed by atoms with Gasteiger partial charge in [-0.2, -0.15) is 0 Å². The number of amides is 3. The van der Waals surface area contributed by atoms with Crippen LogP contribution in [0, 0.1) is 0 Å². The van der Waals surface area contributed by atoms with Crippen molar-refractivity contribution in [2.24, 2.45) is 0 Å². The van der Waals surface area contributed by atoms with Gasteiger partial charge in [-0.1, -0.05) is 56.1 Å². The molecule has 78 heavy (non-hydrogen) atoms. The maximum Gasteiger partial charge on any atom is 0.275 e. The first-order chi connectivity index (χ1) is 37.6. The highest BCUT2D eigenvalue weighted by molar-refractivity contribution is 9.08. The highest BCUT2D eigenvalue weighted by Gasteiger charge is 2.53. The molecular weight excluding hydrogens is 1150 g/mol. The SMILES string of the molecule is COCCN1[C@@H](C)O[C@@H]2[C@H](C)O[C@@H](O[C@H]3C[C@](O)(C(=O)NOCc4ccc(NC(=O)CNC(=O)CCOCCOCCOc5cc(CBr)nc(CBr)c5)cc4)Cc4c(O)c5c(c(O)c43)C(=O)c3c(OC)cccc3C5=O)C[C@@H]21. The molecule has 2 aliphatic heterocycles. The van der Waals surface area contributed by atoms with E-state index in [0.29, 0.717) is 60.6 Å². The molecule has 2 saturated heterocycles. The van der Waals surface area contributed by atoms with Crippen molar-refractivity contribution in [1.82, 2.24) is 20.7 Å². The number of rotatable bonds is 25. The van der Waals surface area contributed by atoms with E-state index in [1.807, 2.05) is 26.0 Å². The average Bonchev–Trinajstić information content (AvgIpc) is 3.92. The van der Waals surface area contributed by atoms with Crippen molar-refractivity contribution in [3.63, 3.8) is 0 Å². The van der Waals surface area contributed by atoms with Crippen LogP contribution < -0.4 is 25.6 Å². The summed E-state index contributed by atoms with van der Waals surface area (Å²) < 4.78 is 46.7. The fourth-order valence-electron chi connectivity index (χ4n) is 10.1. The second-order valence-electron chi connectivity index (χ2n) is 19.0. The molecule has 24 heteroatoms. The molecule has 420 valence electrons. The Morgan fingerprint density at radius 3 is 2.27 bits per heavy atom. The number of alkyl halides is 2. The van der Waals surface area contributed by atoms with Crippen molar-refractivity contribution >= 4 is 66.8 Å². The van der Waals surface area contributed by atoms with E-state index in [0.717, 1.165) is 11.4 Å². The highest BCUT2D eigenvalue weighted by atomic mass is 79.9. The lowest BCUT2D eigenvalue weighted by molar-refractivity contribution is -0.247. The number of benzene rings is 3. The minimum absolute atomic E-state index is 0.0391. The van der Waals surface area contributed by atoms with Gasteiger partial charge < -0.3 is 63.8 Å². The van der Waals surface area contributed by atoms with Crippen LogP contribution in [0.15, 0.2) is 54.6 Å². The molecule has 3 amide bonds. The van der Waals surface area contributed by atoms with E-state index >= 15 is 0 Å². The maximum absolute atomic E-state index is 14.2. The number of aromatic nitrogens is 1. The van der Waals surface area contributed by atoms with E-state index in [4.69, 9.17) is 42.7 Å². The van der Waals surface area contributed by atoms with Gasteiger partial charge in [-0.25, -0.2) is 5.48 Å². The Hall–Kier alpha value is -5.64. The normalized spacial score (nSPS) is 22.4. The molecule has 6 N–H and O–H groups in total. The predicted molar refractivity (Wildman–Crippen MR) is 285 cm³/mol. The summed E-state index contributed by atoms with van der Waals surface area (Å²) in [5.41, 5.74) is 1.21. The number of phenolic OH excluding ortho intramolecular Hbond substituents is 2. The van der Waals surface area contributed by atoms with Crippen LogP contribution in [0.4, 0.5) is 5.69 Å². The van der Waals surface area contributed by atoms with E-state index in [1.54, 1.807) is 31.4 Å². The molecule has 4 aliphatic rings. The molecule has 2 aliphatic carbocycles. The van der Waals surface area contributed by atoms with Crippen molar-refractivity contribution in [3.05, 3.63) is 105 Å². The Morgan fingerprint density at radius 2 is 1.56 bits per heavy atom. The molecule has 0 saturated carbocycles. The number of aliphatic hydroxyl groups is 1. The predicted octanol–water partition coefficient (Wildman–Crippen LogP) is 4.80. The third kappa shape index (κ3) is 13.3. The van der Waals surface area contributed by atoms with E-state index in [1.165, 1.54) is 25.3 Å². The zero-order valence-corrected chi connectivity index (χ0v) is 46.6. The summed E-state index contributed by atoms with van der Waals surface area (Å²) in [7, 11) is 2.94. The smallest absolute Gasteiger partial charge is 0.275 e. The van der Waals surface area contributed by atoms with Gasteiger partial charge in [-0.05, 0) is 37.6 Å². The zero-order chi connectivity index (χ0) is 55.7. The number of halogens is 2. The number of fused-ring (bicyclic) bond motifs is 4. The number of hydrogen-bond donors (Lipinski definition) is 6. The molecule has 3 heterocycles. The first kappa shape index (κ1) is 58.5. The maximum atomic E-state index is 14.2. The van der Waals surface area contributed by atoms with Gasteiger partial charge in [0.2, 0.25) is 17.6 Å². The fourth-order valence-corrected chi connectivity index (χ4v) is 10.7. The lowest BCUT2D eigenvalue weighted by Gasteiger charge is -2.43. The Balaban J connectivity index is 0.839. The van der Waals surface area contributed by atoms with Crippen LogP contribution in [0.1, 0.15) is 99.1 Å². The highest BCUT2D eigenvalue weighted by Crippen LogP contribution is 2.53. The summed E-state index contributed by atoms with van der Waals surface area (Å²) in [5, 5.41) is 42.9. The molecule has 1 aromatic heterocycles. The molecule has 7 atom stereocenters. The molecule has 0 spiro atoms. The Kier molecular flexibility index (Phi) is 19.9. The van der Waals surface area contributed by atoms with Crippen LogP contribution in [0.5, 0.6) is 23.0 Å². The summed E-state index contributed by atoms with van der Waals surface area (Å²) in [4.78, 5) is 79.6. The van der Waals surface area contributed by atoms with Crippen LogP contribution in [-0.4, -0.2) is 158 Å². The number of ketones is 2. The number of nitrogens with one attached hydrogen (secondary N) is 3. The van der Waals surface area contributed by atoms with Crippen LogP contribution in [0.2, 0.25) is 0 Å². The van der Waals surface area contributed by atoms with Crippen LogP contribution >= 0.6 is 31.9 Å². The van der Waals surface area contributed by atoms with Gasteiger partial charge in [0.15, 0.2) is 17.7 Å². The quantitative estimate of drug-likeness (QED) is 0.0198. The third-order valence-corrected chi connectivity index (χ3v) is 15.0. The number of pyridine rings is 1. The first-order valence-corrected chi connectivity index (χ1v) is 27.6. The zero-order valence-electron chi connectivity index (χ0n) is 43.5. The van der Waals surface area contributed by atoms with Crippen molar-refractivity contribution in [2.75, 3.05) is 72.3 Å². The number of hydrogen-bond acceptors (Lipinski definition) is 19. The summed E-state index contributed by atoms with van der Waals surface area (Å²) in [5.74, 6) is -4.01. The molecule has 0 bridgehead atoms. The summed E-state index contributed by atoms with van der Waals surface area (Å²) in [6.45, 7) is 5.69. The molecule has 2 fully saturated rings. The Bertz CT molecular complexity index is 2820. The second kappa shape index (κ2) is 26.5. The van der Waals surface area contributed by atoms with E-state index in [2.05, 4.69) is 57.9 Å². The van der Waals surface area contributed by atoms with E-state index in [-0.39, 0.29) is 91.5 Å². The van der Waals surface area contributed by atoms with Crippen molar-refractivity contribution in [2.45, 2.75) is 99.3 Å². The molecule has 3 aromatic carbocycles. The van der Waals surface area contributed by atoms with Gasteiger partial charge in [-0.15, -0.1) is 0 Å². The number of anilines is 1. The van der Waals surface area contributed by atoms with Gasteiger partial charge in [-0.3, -0.25) is 38.7 Å². The summed E-state index contributed by atoms with van der Waals surface area (Å²) in [6, 6.07) is 14.4. The number of hydroxylamine groups is 1. The largest absolute Gasteiger partial charge is 0.507 e. The van der Waals surface area contributed by atoms with Gasteiger partial charge in [0, 0.05) is 90.6 Å². The van der Waals surface area contributed by atoms with Crippen LogP contribution in [0.3, 0.4) is 0 Å². The molecular formula is C54H63Br2N5O17. The molecule has 22 nitrogen and oxygen atoms in total. The fraction of sp³-hybridized carbons (Fsp3) is 0.481. The van der Waals surface area contributed by atoms with Crippen molar-refractivity contribution < 1.29 is 82.0 Å². The van der Waals surface area contributed by atoms with E-state index in [9.17, 15) is 39.3 Å². The topological polar surface area (TPSA) is 281 Å². The first-order valence-electron chi connectivity index (χ1n) is 25.4. The Labute approximate surface area is 466 Å². The van der Waals surface area contributed by atoms with Crippen LogP contribution in [0.25, 0.3) is 0 Å². The number of phenols is 2. The van der Waals surface area contributed by atoms with Crippen LogP contribution in [-0.2, 0) is 71.3 Å². The number of aromatic hydroxyl groups is 2. The molecule has 0 unspecified atom stereocenters. The number of carbonyl (C=O) groups excluding carboxylic acids is 5. The number of carbonyl (C=O) groups is 5. The summed E-state index contributed by atoms with van der Waals surface area (Å²) in [6.07, 6.45) is -4.28. The molecule has 8 rings (SSSR count). The number of ether oxygens (including phenoxy) is 8. The Morgan fingerprint density at radius 1 is 0.859 bits per heavy atom. The lowest BCUT2D eigenvalue weighted by atomic mass is 9.72. The average molecular weight is 1210 g/mol. The monoisotopic (exact) mass is 1210 g/mol. The molecule has 4 aromatic rings. The van der Waals surface area contributed by atoms with Gasteiger partial charge in [0.25, 0.3) is 5.91 Å². The molecule has 0 radical (unpaired) electrons.